The van der Waals surface area contributed by atoms with Gasteiger partial charge in [-0.05, 0) is 31.0 Å². The van der Waals surface area contributed by atoms with Crippen LogP contribution in [0.15, 0.2) is 23.1 Å². The maximum Gasteiger partial charge on any atom is 0.277 e. The zero-order valence-electron chi connectivity index (χ0n) is 10.3. The molecule has 1 aromatic carbocycles. The Labute approximate surface area is 106 Å². The van der Waals surface area contributed by atoms with Crippen molar-refractivity contribution in [2.24, 2.45) is 0 Å². The molecule has 0 atom stereocenters. The molecule has 5 nitrogen and oxygen atoms in total. The largest absolute Gasteiger partial charge is 0.277 e. The molecule has 1 amide bonds. The highest BCUT2D eigenvalue weighted by Crippen LogP contribution is 2.19. The molecule has 1 saturated heterocycles. The smallest absolute Gasteiger partial charge is 0.271 e. The molecule has 0 aromatic heterocycles. The van der Waals surface area contributed by atoms with Crippen LogP contribution >= 0.6 is 0 Å². The van der Waals surface area contributed by atoms with Gasteiger partial charge in [-0.25, -0.2) is 13.5 Å². The number of amides is 1. The first-order valence-electron chi connectivity index (χ1n) is 5.65. The molecule has 18 heavy (non-hydrogen) atoms. The van der Waals surface area contributed by atoms with E-state index in [1.165, 1.54) is 17.2 Å². The van der Waals surface area contributed by atoms with Crippen molar-refractivity contribution in [1.82, 2.24) is 5.06 Å². The van der Waals surface area contributed by atoms with E-state index in [4.69, 9.17) is 4.84 Å². The van der Waals surface area contributed by atoms with Crippen molar-refractivity contribution in [2.75, 3.05) is 19.4 Å². The lowest BCUT2D eigenvalue weighted by Crippen LogP contribution is -2.27. The van der Waals surface area contributed by atoms with Crippen LogP contribution in [-0.4, -0.2) is 38.8 Å². The van der Waals surface area contributed by atoms with Crippen LogP contribution < -0.4 is 0 Å². The quantitative estimate of drug-likeness (QED) is 0.808. The van der Waals surface area contributed by atoms with Crippen LogP contribution in [0.1, 0.15) is 22.3 Å². The van der Waals surface area contributed by atoms with E-state index in [1.54, 1.807) is 13.0 Å². The Balaban J connectivity index is 2.40. The molecular formula is C12H15NO4S. The number of hydroxylamine groups is 2. The number of rotatable bonds is 2. The van der Waals surface area contributed by atoms with Crippen LogP contribution in [0.25, 0.3) is 0 Å². The predicted molar refractivity (Wildman–Crippen MR) is 65.9 cm³/mol. The van der Waals surface area contributed by atoms with Crippen molar-refractivity contribution in [1.29, 1.82) is 0 Å². The fraction of sp³-hybridized carbons (Fsp3) is 0.417. The summed E-state index contributed by atoms with van der Waals surface area (Å²) >= 11 is 0. The van der Waals surface area contributed by atoms with Crippen molar-refractivity contribution < 1.29 is 18.0 Å². The number of carbonyl (C=O) groups excluding carboxylic acids is 1. The van der Waals surface area contributed by atoms with Gasteiger partial charge in [0.25, 0.3) is 5.91 Å². The molecule has 0 radical (unpaired) electrons. The first-order valence-corrected chi connectivity index (χ1v) is 7.54. The highest BCUT2D eigenvalue weighted by atomic mass is 32.2. The Bertz CT molecular complexity index is 574. The molecule has 98 valence electrons. The van der Waals surface area contributed by atoms with Gasteiger partial charge in [0.15, 0.2) is 9.84 Å². The van der Waals surface area contributed by atoms with Crippen molar-refractivity contribution >= 4 is 15.7 Å². The average Bonchev–Trinajstić information content (AvgIpc) is 2.80. The minimum Gasteiger partial charge on any atom is -0.271 e. The molecule has 0 bridgehead atoms. The van der Waals surface area contributed by atoms with Crippen molar-refractivity contribution in [3.8, 4) is 0 Å². The summed E-state index contributed by atoms with van der Waals surface area (Å²) < 4.78 is 23.0. The maximum atomic E-state index is 12.2. The van der Waals surface area contributed by atoms with Crippen LogP contribution in [0.5, 0.6) is 0 Å². The van der Waals surface area contributed by atoms with Gasteiger partial charge in [0.05, 0.1) is 18.0 Å². The Morgan fingerprint density at radius 2 is 2.11 bits per heavy atom. The molecule has 1 aromatic rings. The molecule has 0 N–H and O–H groups in total. The van der Waals surface area contributed by atoms with E-state index < -0.39 is 9.84 Å². The number of hydrogen-bond acceptors (Lipinski definition) is 4. The third kappa shape index (κ3) is 2.54. The number of benzene rings is 1. The van der Waals surface area contributed by atoms with Crippen LogP contribution in [0.3, 0.4) is 0 Å². The van der Waals surface area contributed by atoms with Crippen LogP contribution in [0.4, 0.5) is 0 Å². The molecule has 6 heteroatoms. The third-order valence-electron chi connectivity index (χ3n) is 2.85. The van der Waals surface area contributed by atoms with Gasteiger partial charge in [-0.15, -0.1) is 0 Å². The summed E-state index contributed by atoms with van der Waals surface area (Å²) in [5, 5.41) is 1.29. The number of sulfone groups is 1. The van der Waals surface area contributed by atoms with Crippen molar-refractivity contribution in [2.45, 2.75) is 18.2 Å². The van der Waals surface area contributed by atoms with Crippen LogP contribution in [-0.2, 0) is 14.7 Å². The number of aryl methyl sites for hydroxylation is 1. The zero-order valence-corrected chi connectivity index (χ0v) is 11.2. The van der Waals surface area contributed by atoms with E-state index in [-0.39, 0.29) is 10.8 Å². The van der Waals surface area contributed by atoms with E-state index in [0.29, 0.717) is 18.7 Å². The molecule has 1 heterocycles. The number of carbonyl (C=O) groups is 1. The van der Waals surface area contributed by atoms with Gasteiger partial charge in [-0.2, -0.15) is 0 Å². The zero-order chi connectivity index (χ0) is 13.3. The highest BCUT2D eigenvalue weighted by Gasteiger charge is 2.23. The van der Waals surface area contributed by atoms with Crippen LogP contribution in [0, 0.1) is 6.92 Å². The van der Waals surface area contributed by atoms with Gasteiger partial charge in [0, 0.05) is 11.8 Å². The maximum absolute atomic E-state index is 12.2. The van der Waals surface area contributed by atoms with Gasteiger partial charge in [-0.1, -0.05) is 6.07 Å². The van der Waals surface area contributed by atoms with Gasteiger partial charge in [0.2, 0.25) is 0 Å². The van der Waals surface area contributed by atoms with Gasteiger partial charge in [0.1, 0.15) is 0 Å². The summed E-state index contributed by atoms with van der Waals surface area (Å²) in [5.41, 5.74) is 1.11. The molecular weight excluding hydrogens is 254 g/mol. The Morgan fingerprint density at radius 3 is 2.67 bits per heavy atom. The van der Waals surface area contributed by atoms with Gasteiger partial charge in [-0.3, -0.25) is 9.63 Å². The molecule has 0 unspecified atom stereocenters. The fourth-order valence-corrected chi connectivity index (χ4v) is 2.45. The lowest BCUT2D eigenvalue weighted by molar-refractivity contribution is -0.0769. The summed E-state index contributed by atoms with van der Waals surface area (Å²) in [5.74, 6) is -0.282. The second-order valence-corrected chi connectivity index (χ2v) is 6.36. The molecule has 1 fully saturated rings. The van der Waals surface area contributed by atoms with Gasteiger partial charge >= 0.3 is 0 Å². The van der Waals surface area contributed by atoms with Crippen LogP contribution in [0.2, 0.25) is 0 Å². The monoisotopic (exact) mass is 269 g/mol. The third-order valence-corrected chi connectivity index (χ3v) is 3.96. The predicted octanol–water partition coefficient (Wildman–Crippen LogP) is 1.18. The standard InChI is InChI=1S/C12H15NO4S/c1-9-4-5-10(18(2,15)16)8-11(9)12(14)13-6-3-7-17-13/h4-5,8H,3,6-7H2,1-2H3. The average molecular weight is 269 g/mol. The number of hydrogen-bond donors (Lipinski definition) is 0. The topological polar surface area (TPSA) is 63.7 Å². The lowest BCUT2D eigenvalue weighted by atomic mass is 10.1. The minimum absolute atomic E-state index is 0.149. The highest BCUT2D eigenvalue weighted by molar-refractivity contribution is 7.90. The summed E-state index contributed by atoms with van der Waals surface area (Å²) in [6.07, 6.45) is 1.93. The second-order valence-electron chi connectivity index (χ2n) is 4.34. The molecule has 2 rings (SSSR count). The van der Waals surface area contributed by atoms with E-state index in [1.807, 2.05) is 0 Å². The van der Waals surface area contributed by atoms with Gasteiger partial charge < -0.3 is 0 Å². The first-order chi connectivity index (χ1) is 8.39. The fourth-order valence-electron chi connectivity index (χ4n) is 1.80. The van der Waals surface area contributed by atoms with Crippen molar-refractivity contribution in [3.05, 3.63) is 29.3 Å². The second kappa shape index (κ2) is 4.70. The Morgan fingerprint density at radius 1 is 1.39 bits per heavy atom. The van der Waals surface area contributed by atoms with Crippen molar-refractivity contribution in [3.63, 3.8) is 0 Å². The molecule has 0 saturated carbocycles. The summed E-state index contributed by atoms with van der Waals surface area (Å²) in [4.78, 5) is 17.5. The van der Waals surface area contributed by atoms with E-state index in [2.05, 4.69) is 0 Å². The molecule has 0 aliphatic carbocycles. The number of nitrogens with zero attached hydrogens (tertiary/aromatic N) is 1. The molecule has 0 spiro atoms. The van der Waals surface area contributed by atoms with E-state index >= 15 is 0 Å². The molecule has 1 aliphatic heterocycles. The first kappa shape index (κ1) is 13.0. The Hall–Kier alpha value is -1.40. The SMILES string of the molecule is Cc1ccc(S(C)(=O)=O)cc1C(=O)N1CCCO1. The summed E-state index contributed by atoms with van der Waals surface area (Å²) in [6, 6.07) is 4.56. The van der Waals surface area contributed by atoms with E-state index in [0.717, 1.165) is 18.2 Å². The lowest BCUT2D eigenvalue weighted by Gasteiger charge is -2.15. The minimum atomic E-state index is -3.31. The Kier molecular flexibility index (Phi) is 3.41. The van der Waals surface area contributed by atoms with E-state index in [9.17, 15) is 13.2 Å². The summed E-state index contributed by atoms with van der Waals surface area (Å²) in [6.45, 7) is 2.84. The normalized spacial score (nSPS) is 16.0. The molecule has 1 aliphatic rings. The summed E-state index contributed by atoms with van der Waals surface area (Å²) in [7, 11) is -3.31.